The highest BCUT2D eigenvalue weighted by molar-refractivity contribution is 7.98. The summed E-state index contributed by atoms with van der Waals surface area (Å²) in [7, 11) is 0. The van der Waals surface area contributed by atoms with Crippen LogP contribution in [-0.4, -0.2) is 19.7 Å². The van der Waals surface area contributed by atoms with E-state index in [2.05, 4.69) is 10.2 Å². The van der Waals surface area contributed by atoms with Crippen molar-refractivity contribution in [3.63, 3.8) is 0 Å². The van der Waals surface area contributed by atoms with Crippen LogP contribution in [0.2, 0.25) is 0 Å². The number of halogens is 1. The first-order valence-corrected chi connectivity index (χ1v) is 10.3. The smallest absolute Gasteiger partial charge is 0.269 e. The molecule has 0 fully saturated rings. The Hall–Kier alpha value is -3.72. The van der Waals surface area contributed by atoms with Crippen LogP contribution in [0, 0.1) is 15.9 Å². The van der Waals surface area contributed by atoms with E-state index >= 15 is 0 Å². The molecule has 4 rings (SSSR count). The van der Waals surface area contributed by atoms with Gasteiger partial charge in [-0.15, -0.1) is 10.2 Å². The lowest BCUT2D eigenvalue weighted by molar-refractivity contribution is -0.384. The summed E-state index contributed by atoms with van der Waals surface area (Å²) in [5.41, 5.74) is 1.82. The highest BCUT2D eigenvalue weighted by atomic mass is 32.2. The van der Waals surface area contributed by atoms with Gasteiger partial charge in [0.15, 0.2) is 22.5 Å². The molecule has 0 spiro atoms. The summed E-state index contributed by atoms with van der Waals surface area (Å²) in [6.07, 6.45) is 0. The summed E-state index contributed by atoms with van der Waals surface area (Å²) in [6, 6.07) is 22.1. The van der Waals surface area contributed by atoms with E-state index in [1.54, 1.807) is 30.3 Å². The zero-order valence-electron chi connectivity index (χ0n) is 16.2. The van der Waals surface area contributed by atoms with Gasteiger partial charge in [0, 0.05) is 23.6 Å². The monoisotopic (exact) mass is 436 g/mol. The fraction of sp³-hybridized carbons (Fsp3) is 0.0909. The van der Waals surface area contributed by atoms with Gasteiger partial charge in [0.05, 0.1) is 4.92 Å². The number of nitrogens with zero attached hydrogens (tertiary/aromatic N) is 4. The maximum atomic E-state index is 13.9. The van der Waals surface area contributed by atoms with E-state index in [4.69, 9.17) is 4.74 Å². The summed E-state index contributed by atoms with van der Waals surface area (Å²) >= 11 is 1.44. The third-order valence-corrected chi connectivity index (χ3v) is 5.42. The van der Waals surface area contributed by atoms with Crippen LogP contribution in [0.3, 0.4) is 0 Å². The molecular weight excluding hydrogens is 419 g/mol. The van der Waals surface area contributed by atoms with Crippen LogP contribution in [0.4, 0.5) is 10.1 Å². The summed E-state index contributed by atoms with van der Waals surface area (Å²) in [4.78, 5) is 10.4. The predicted octanol–water partition coefficient (Wildman–Crippen LogP) is 5.19. The molecule has 9 heteroatoms. The van der Waals surface area contributed by atoms with Crippen molar-refractivity contribution in [2.45, 2.75) is 17.5 Å². The van der Waals surface area contributed by atoms with E-state index in [0.717, 1.165) is 11.3 Å². The van der Waals surface area contributed by atoms with Crippen molar-refractivity contribution in [2.24, 2.45) is 0 Å². The number of thioether (sulfide) groups is 1. The number of benzene rings is 3. The Bertz CT molecular complexity index is 1180. The molecule has 0 atom stereocenters. The molecular formula is C22H17FN4O3S. The molecule has 3 aromatic carbocycles. The van der Waals surface area contributed by atoms with E-state index in [1.165, 1.54) is 30.0 Å². The zero-order valence-corrected chi connectivity index (χ0v) is 17.0. The molecule has 0 unspecified atom stereocenters. The third kappa shape index (κ3) is 4.89. The number of hydrogen-bond acceptors (Lipinski definition) is 6. The van der Waals surface area contributed by atoms with Gasteiger partial charge in [0.1, 0.15) is 6.61 Å². The molecule has 0 N–H and O–H groups in total. The molecule has 4 aromatic rings. The molecule has 0 aliphatic heterocycles. The average molecular weight is 436 g/mol. The van der Waals surface area contributed by atoms with Gasteiger partial charge < -0.3 is 4.74 Å². The van der Waals surface area contributed by atoms with Gasteiger partial charge in [-0.3, -0.25) is 14.7 Å². The normalized spacial score (nSPS) is 10.7. The molecule has 0 aliphatic carbocycles. The molecule has 156 valence electrons. The lowest BCUT2D eigenvalue weighted by Crippen LogP contribution is -2.07. The Balaban J connectivity index is 1.56. The Morgan fingerprint density at radius 3 is 2.39 bits per heavy atom. The molecule has 0 saturated carbocycles. The van der Waals surface area contributed by atoms with E-state index in [9.17, 15) is 14.5 Å². The Labute approximate surface area is 181 Å². The van der Waals surface area contributed by atoms with E-state index in [0.29, 0.717) is 16.7 Å². The number of para-hydroxylation sites is 2. The predicted molar refractivity (Wildman–Crippen MR) is 115 cm³/mol. The second-order valence-electron chi connectivity index (χ2n) is 6.50. The molecule has 0 bridgehead atoms. The lowest BCUT2D eigenvalue weighted by atomic mass is 10.2. The van der Waals surface area contributed by atoms with Crippen molar-refractivity contribution in [1.82, 2.24) is 14.8 Å². The molecule has 0 radical (unpaired) electrons. The standard InChI is InChI=1S/C22H17FN4O3S/c23-19-8-4-5-9-20(19)30-14-21-24-25-22(26(21)17-6-2-1-3-7-17)31-15-16-10-12-18(13-11-16)27(28)29/h1-13H,14-15H2. The van der Waals surface area contributed by atoms with E-state index in [-0.39, 0.29) is 18.0 Å². The summed E-state index contributed by atoms with van der Waals surface area (Å²) < 4.78 is 21.4. The van der Waals surface area contributed by atoms with Gasteiger partial charge in [-0.1, -0.05) is 54.2 Å². The molecule has 0 amide bonds. The minimum atomic E-state index is -0.443. The quantitative estimate of drug-likeness (QED) is 0.215. The lowest BCUT2D eigenvalue weighted by Gasteiger charge is -2.11. The van der Waals surface area contributed by atoms with Gasteiger partial charge in [-0.25, -0.2) is 4.39 Å². The summed E-state index contributed by atoms with van der Waals surface area (Å²) in [6.45, 7) is 0.0426. The maximum Gasteiger partial charge on any atom is 0.269 e. The van der Waals surface area contributed by atoms with Crippen LogP contribution in [0.1, 0.15) is 11.4 Å². The molecule has 0 aliphatic rings. The van der Waals surface area contributed by atoms with Crippen LogP contribution in [0.15, 0.2) is 84.0 Å². The average Bonchev–Trinajstić information content (AvgIpc) is 3.21. The minimum absolute atomic E-state index is 0.0426. The zero-order chi connectivity index (χ0) is 21.6. The third-order valence-electron chi connectivity index (χ3n) is 4.42. The molecule has 7 nitrogen and oxygen atoms in total. The molecule has 1 heterocycles. The Morgan fingerprint density at radius 1 is 0.968 bits per heavy atom. The number of aromatic nitrogens is 3. The number of ether oxygens (including phenoxy) is 1. The van der Waals surface area contributed by atoms with E-state index < -0.39 is 10.7 Å². The minimum Gasteiger partial charge on any atom is -0.483 e. The fourth-order valence-electron chi connectivity index (χ4n) is 2.89. The maximum absolute atomic E-state index is 13.9. The van der Waals surface area contributed by atoms with Crippen molar-refractivity contribution in [1.29, 1.82) is 0 Å². The second-order valence-corrected chi connectivity index (χ2v) is 7.44. The Kier molecular flexibility index (Phi) is 6.23. The topological polar surface area (TPSA) is 83.1 Å². The van der Waals surface area contributed by atoms with Gasteiger partial charge in [0.25, 0.3) is 5.69 Å². The largest absolute Gasteiger partial charge is 0.483 e. The number of rotatable bonds is 8. The number of nitro benzene ring substituents is 1. The van der Waals surface area contributed by atoms with Crippen molar-refractivity contribution in [3.8, 4) is 11.4 Å². The first-order chi connectivity index (χ1) is 15.1. The first kappa shape index (κ1) is 20.5. The van der Waals surface area contributed by atoms with Gasteiger partial charge in [0.2, 0.25) is 0 Å². The van der Waals surface area contributed by atoms with Crippen molar-refractivity contribution >= 4 is 17.4 Å². The van der Waals surface area contributed by atoms with Gasteiger partial charge in [-0.05, 0) is 29.8 Å². The van der Waals surface area contributed by atoms with Crippen LogP contribution in [-0.2, 0) is 12.4 Å². The van der Waals surface area contributed by atoms with Crippen LogP contribution >= 0.6 is 11.8 Å². The fourth-order valence-corrected chi connectivity index (χ4v) is 3.82. The molecule has 31 heavy (non-hydrogen) atoms. The molecule has 0 saturated heterocycles. The van der Waals surface area contributed by atoms with Gasteiger partial charge in [-0.2, -0.15) is 0 Å². The number of non-ortho nitro benzene ring substituents is 1. The highest BCUT2D eigenvalue weighted by Crippen LogP contribution is 2.27. The van der Waals surface area contributed by atoms with Crippen molar-refractivity contribution in [3.05, 3.63) is 106 Å². The summed E-state index contributed by atoms with van der Waals surface area (Å²) in [5, 5.41) is 20.0. The van der Waals surface area contributed by atoms with Crippen LogP contribution < -0.4 is 4.74 Å². The number of nitro groups is 1. The van der Waals surface area contributed by atoms with Gasteiger partial charge >= 0.3 is 0 Å². The number of hydrogen-bond donors (Lipinski definition) is 0. The van der Waals surface area contributed by atoms with Crippen LogP contribution in [0.25, 0.3) is 5.69 Å². The first-order valence-electron chi connectivity index (χ1n) is 9.35. The Morgan fingerprint density at radius 2 is 1.68 bits per heavy atom. The highest BCUT2D eigenvalue weighted by Gasteiger charge is 2.16. The van der Waals surface area contributed by atoms with Crippen LogP contribution in [0.5, 0.6) is 5.75 Å². The molecule has 1 aromatic heterocycles. The van der Waals surface area contributed by atoms with Crippen molar-refractivity contribution in [2.75, 3.05) is 0 Å². The summed E-state index contributed by atoms with van der Waals surface area (Å²) in [5.74, 6) is 0.781. The SMILES string of the molecule is O=[N+]([O-])c1ccc(CSc2nnc(COc3ccccc3F)n2-c2ccccc2)cc1. The van der Waals surface area contributed by atoms with E-state index in [1.807, 2.05) is 34.9 Å². The second kappa shape index (κ2) is 9.40. The van der Waals surface area contributed by atoms with Crippen molar-refractivity contribution < 1.29 is 14.1 Å².